The number of halogens is 3. The van der Waals surface area contributed by atoms with Gasteiger partial charge in [-0.25, -0.2) is 9.97 Å². The zero-order valence-electron chi connectivity index (χ0n) is 22.3. The second kappa shape index (κ2) is 12.4. The maximum atomic E-state index is 13.1. The zero-order chi connectivity index (χ0) is 28.8. The number of hydrogen-bond donors (Lipinski definition) is 3. The van der Waals surface area contributed by atoms with Crippen LogP contribution in [0.4, 0.5) is 36.2 Å². The molecule has 3 N–H and O–H groups in total. The highest BCUT2D eigenvalue weighted by molar-refractivity contribution is 6.04. The largest absolute Gasteiger partial charge is 0.416 e. The van der Waals surface area contributed by atoms with Crippen LogP contribution >= 0.6 is 0 Å². The molecule has 2 aromatic carbocycles. The van der Waals surface area contributed by atoms with Crippen molar-refractivity contribution in [3.63, 3.8) is 0 Å². The first kappa shape index (κ1) is 28.1. The molecule has 0 saturated carbocycles. The summed E-state index contributed by atoms with van der Waals surface area (Å²) in [4.78, 5) is 23.7. The van der Waals surface area contributed by atoms with Crippen molar-refractivity contribution < 1.29 is 22.7 Å². The van der Waals surface area contributed by atoms with Gasteiger partial charge in [0.2, 0.25) is 0 Å². The number of benzene rings is 2. The van der Waals surface area contributed by atoms with Crippen LogP contribution in [0.15, 0.2) is 67.1 Å². The maximum Gasteiger partial charge on any atom is 0.416 e. The lowest BCUT2D eigenvalue weighted by molar-refractivity contribution is -0.137. The SMILES string of the molecule is Cc1ccc(NC(=O)c2cccc(C(F)(F)F)c2)cc1Nc1ccnn1-c1cc(NCCN2CCOCC2)ncn1. The summed E-state index contributed by atoms with van der Waals surface area (Å²) in [6.45, 7) is 6.80. The third-order valence-corrected chi connectivity index (χ3v) is 6.56. The van der Waals surface area contributed by atoms with Gasteiger partial charge < -0.3 is 20.7 Å². The van der Waals surface area contributed by atoms with Crippen LogP contribution < -0.4 is 16.0 Å². The summed E-state index contributed by atoms with van der Waals surface area (Å²) in [5.74, 6) is 1.19. The van der Waals surface area contributed by atoms with Crippen LogP contribution in [0, 0.1) is 6.92 Å². The van der Waals surface area contributed by atoms with Gasteiger partial charge in [-0.15, -0.1) is 0 Å². The average molecular weight is 567 g/mol. The molecule has 214 valence electrons. The number of morpholine rings is 1. The van der Waals surface area contributed by atoms with Crippen molar-refractivity contribution in [2.24, 2.45) is 0 Å². The zero-order valence-corrected chi connectivity index (χ0v) is 22.3. The molecule has 13 heteroatoms. The van der Waals surface area contributed by atoms with Crippen molar-refractivity contribution in [1.29, 1.82) is 0 Å². The summed E-state index contributed by atoms with van der Waals surface area (Å²) in [7, 11) is 0. The molecule has 3 heterocycles. The summed E-state index contributed by atoms with van der Waals surface area (Å²) in [5.41, 5.74) is 0.991. The van der Waals surface area contributed by atoms with E-state index in [9.17, 15) is 18.0 Å². The predicted octanol–water partition coefficient (Wildman–Crippen LogP) is 4.73. The lowest BCUT2D eigenvalue weighted by Crippen LogP contribution is -2.39. The highest BCUT2D eigenvalue weighted by Crippen LogP contribution is 2.30. The molecular formula is C28H29F3N8O2. The minimum Gasteiger partial charge on any atom is -0.379 e. The number of rotatable bonds is 9. The molecule has 1 aliphatic rings. The third-order valence-electron chi connectivity index (χ3n) is 6.56. The van der Waals surface area contributed by atoms with E-state index in [2.05, 4.69) is 35.9 Å². The second-order valence-corrected chi connectivity index (χ2v) is 9.46. The molecule has 0 aliphatic carbocycles. The van der Waals surface area contributed by atoms with Gasteiger partial charge in [-0.05, 0) is 42.8 Å². The van der Waals surface area contributed by atoms with E-state index in [1.807, 2.05) is 6.92 Å². The van der Waals surface area contributed by atoms with Crippen molar-refractivity contribution in [3.8, 4) is 5.82 Å². The summed E-state index contributed by atoms with van der Waals surface area (Å²) in [6, 6.07) is 13.1. The van der Waals surface area contributed by atoms with Crippen molar-refractivity contribution in [2.45, 2.75) is 13.1 Å². The Morgan fingerprint density at radius 3 is 2.68 bits per heavy atom. The molecule has 0 bridgehead atoms. The smallest absolute Gasteiger partial charge is 0.379 e. The molecule has 1 amide bonds. The molecular weight excluding hydrogens is 537 g/mol. The Morgan fingerprint density at radius 1 is 1.05 bits per heavy atom. The number of hydrogen-bond acceptors (Lipinski definition) is 8. The van der Waals surface area contributed by atoms with E-state index in [1.54, 1.807) is 41.2 Å². The Balaban J connectivity index is 1.27. The average Bonchev–Trinajstić information content (AvgIpc) is 3.43. The van der Waals surface area contributed by atoms with Gasteiger partial charge >= 0.3 is 6.18 Å². The van der Waals surface area contributed by atoms with Crippen LogP contribution in [0.5, 0.6) is 0 Å². The van der Waals surface area contributed by atoms with Crippen LogP contribution in [0.25, 0.3) is 5.82 Å². The van der Waals surface area contributed by atoms with E-state index >= 15 is 0 Å². The number of amides is 1. The molecule has 41 heavy (non-hydrogen) atoms. The van der Waals surface area contributed by atoms with Gasteiger partial charge in [0.1, 0.15) is 18.0 Å². The molecule has 10 nitrogen and oxygen atoms in total. The highest BCUT2D eigenvalue weighted by atomic mass is 19.4. The Hall–Kier alpha value is -4.49. The number of nitrogens with zero attached hydrogens (tertiary/aromatic N) is 5. The minimum absolute atomic E-state index is 0.0916. The molecule has 1 fully saturated rings. The van der Waals surface area contributed by atoms with Gasteiger partial charge in [0, 0.05) is 55.2 Å². The van der Waals surface area contributed by atoms with Gasteiger partial charge in [0.05, 0.1) is 25.0 Å². The monoisotopic (exact) mass is 566 g/mol. The number of carbonyl (C=O) groups excluding carboxylic acids is 1. The molecule has 0 unspecified atom stereocenters. The molecule has 0 spiro atoms. The summed E-state index contributed by atoms with van der Waals surface area (Å²) >= 11 is 0. The number of nitrogens with one attached hydrogen (secondary N) is 3. The third kappa shape index (κ3) is 7.18. The normalized spacial score (nSPS) is 14.0. The van der Waals surface area contributed by atoms with E-state index in [1.165, 1.54) is 18.5 Å². The van der Waals surface area contributed by atoms with Crippen molar-refractivity contribution in [2.75, 3.05) is 55.3 Å². The van der Waals surface area contributed by atoms with Gasteiger partial charge in [0.15, 0.2) is 5.82 Å². The van der Waals surface area contributed by atoms with Crippen molar-refractivity contribution in [1.82, 2.24) is 24.6 Å². The topological polar surface area (TPSA) is 109 Å². The lowest BCUT2D eigenvalue weighted by atomic mass is 10.1. The fourth-order valence-electron chi connectivity index (χ4n) is 4.32. The van der Waals surface area contributed by atoms with E-state index in [0.29, 0.717) is 28.8 Å². The molecule has 1 aliphatic heterocycles. The van der Waals surface area contributed by atoms with E-state index in [0.717, 1.165) is 57.1 Å². The summed E-state index contributed by atoms with van der Waals surface area (Å²) in [6.07, 6.45) is -1.44. The summed E-state index contributed by atoms with van der Waals surface area (Å²) in [5, 5.41) is 13.7. The number of anilines is 4. The fourth-order valence-corrected chi connectivity index (χ4v) is 4.32. The lowest BCUT2D eigenvalue weighted by Gasteiger charge is -2.26. The van der Waals surface area contributed by atoms with Gasteiger partial charge in [-0.2, -0.15) is 23.0 Å². The molecule has 0 atom stereocenters. The quantitative estimate of drug-likeness (QED) is 0.267. The van der Waals surface area contributed by atoms with Crippen LogP contribution in [0.3, 0.4) is 0 Å². The van der Waals surface area contributed by atoms with Gasteiger partial charge in [0.25, 0.3) is 5.91 Å². The second-order valence-electron chi connectivity index (χ2n) is 9.46. The fraction of sp³-hybridized carbons (Fsp3) is 0.286. The van der Waals surface area contributed by atoms with Crippen molar-refractivity contribution >= 4 is 28.9 Å². The number of aryl methyl sites for hydroxylation is 1. The molecule has 0 radical (unpaired) electrons. The molecule has 2 aromatic heterocycles. The highest BCUT2D eigenvalue weighted by Gasteiger charge is 2.31. The van der Waals surface area contributed by atoms with Crippen LogP contribution in [0.1, 0.15) is 21.5 Å². The van der Waals surface area contributed by atoms with Crippen molar-refractivity contribution in [3.05, 3.63) is 83.8 Å². The Bertz CT molecular complexity index is 1500. The Labute approximate surface area is 234 Å². The van der Waals surface area contributed by atoms with E-state index in [-0.39, 0.29) is 5.56 Å². The van der Waals surface area contributed by atoms with Gasteiger partial charge in [-0.1, -0.05) is 12.1 Å². The first-order valence-corrected chi connectivity index (χ1v) is 13.0. The van der Waals surface area contributed by atoms with Gasteiger partial charge in [-0.3, -0.25) is 9.69 Å². The van der Waals surface area contributed by atoms with Crippen LogP contribution in [-0.4, -0.2) is 69.9 Å². The first-order valence-electron chi connectivity index (χ1n) is 13.0. The standard InChI is InChI=1S/C28H29F3N8O2/c1-19-5-6-22(36-27(40)20-3-2-4-21(15-20)28(29,30)31)16-23(19)37-25-7-8-35-39(25)26-17-24(33-18-34-26)32-9-10-38-11-13-41-14-12-38/h2-8,15-18,37H,9-14H2,1H3,(H,36,40)(H,32,33,34). The van der Waals surface area contributed by atoms with E-state index < -0.39 is 17.6 Å². The first-order chi connectivity index (χ1) is 19.8. The number of aromatic nitrogens is 4. The van der Waals surface area contributed by atoms with Crippen LogP contribution in [-0.2, 0) is 10.9 Å². The van der Waals surface area contributed by atoms with E-state index in [4.69, 9.17) is 4.74 Å². The Kier molecular flexibility index (Phi) is 8.45. The number of ether oxygens (including phenoxy) is 1. The molecule has 5 rings (SSSR count). The number of alkyl halides is 3. The minimum atomic E-state index is -4.54. The number of carbonyl (C=O) groups is 1. The maximum absolute atomic E-state index is 13.1. The van der Waals surface area contributed by atoms with Crippen LogP contribution in [0.2, 0.25) is 0 Å². The molecule has 1 saturated heterocycles. The Morgan fingerprint density at radius 2 is 1.88 bits per heavy atom. The molecule has 4 aromatic rings. The predicted molar refractivity (Wildman–Crippen MR) is 149 cm³/mol. The summed E-state index contributed by atoms with van der Waals surface area (Å²) < 4.78 is 46.2.